The Morgan fingerprint density at radius 1 is 1.07 bits per heavy atom. The maximum absolute atomic E-state index is 6.13. The van der Waals surface area contributed by atoms with Crippen LogP contribution < -0.4 is 11.1 Å². The van der Waals surface area contributed by atoms with Gasteiger partial charge in [0.2, 0.25) is 5.95 Å². The molecule has 1 aromatic heterocycles. The van der Waals surface area contributed by atoms with Gasteiger partial charge < -0.3 is 5.73 Å². The van der Waals surface area contributed by atoms with Gasteiger partial charge in [0.25, 0.3) is 0 Å². The van der Waals surface area contributed by atoms with Crippen molar-refractivity contribution in [2.24, 2.45) is 10.7 Å². The number of aliphatic imine (C=N–C) groups is 1. The molecule has 5 nitrogen and oxygen atoms in total. The van der Waals surface area contributed by atoms with Crippen molar-refractivity contribution in [1.82, 2.24) is 9.55 Å². The molecule has 0 saturated carbocycles. The number of unbranched alkanes of at least 4 members (excludes halogenated alkanes) is 3. The number of hydrogen-bond acceptors (Lipinski definition) is 4. The predicted molar refractivity (Wildman–Crippen MR) is 117 cm³/mol. The van der Waals surface area contributed by atoms with Gasteiger partial charge in [0.1, 0.15) is 0 Å². The van der Waals surface area contributed by atoms with E-state index >= 15 is 0 Å². The Bertz CT molecular complexity index is 1000. The van der Waals surface area contributed by atoms with Gasteiger partial charge in [0.15, 0.2) is 12.1 Å². The molecule has 0 saturated heterocycles. The van der Waals surface area contributed by atoms with E-state index in [1.807, 2.05) is 24.3 Å². The van der Waals surface area contributed by atoms with E-state index in [1.165, 1.54) is 30.4 Å². The van der Waals surface area contributed by atoms with E-state index in [1.54, 1.807) is 0 Å². The molecular weight excluding hydrogens is 346 g/mol. The fourth-order valence-corrected chi connectivity index (χ4v) is 3.76. The molecule has 1 atom stereocenters. The highest BCUT2D eigenvalue weighted by Crippen LogP contribution is 2.35. The Labute approximate surface area is 166 Å². The molecule has 144 valence electrons. The van der Waals surface area contributed by atoms with E-state index < -0.39 is 0 Å². The van der Waals surface area contributed by atoms with Crippen LogP contribution in [0.1, 0.15) is 50.8 Å². The maximum atomic E-state index is 6.13. The first-order chi connectivity index (χ1) is 13.8. The summed E-state index contributed by atoms with van der Waals surface area (Å²) in [5.41, 5.74) is 10.6. The van der Waals surface area contributed by atoms with E-state index in [0.29, 0.717) is 5.96 Å². The summed E-state index contributed by atoms with van der Waals surface area (Å²) in [4.78, 5) is 9.50. The lowest BCUT2D eigenvalue weighted by Gasteiger charge is -2.26. The first kappa shape index (κ1) is 18.3. The molecule has 0 bridgehead atoms. The largest absolute Gasteiger partial charge is 0.370 e. The molecule has 3 N–H and O–H groups in total. The first-order valence-electron chi connectivity index (χ1n) is 10.1. The van der Waals surface area contributed by atoms with E-state index in [2.05, 4.69) is 53.2 Å². The summed E-state index contributed by atoms with van der Waals surface area (Å²) >= 11 is 0. The van der Waals surface area contributed by atoms with Crippen LogP contribution in [0, 0.1) is 0 Å². The second kappa shape index (κ2) is 8.30. The number of nitrogens with one attached hydrogen (secondary N) is 1. The van der Waals surface area contributed by atoms with Crippen LogP contribution in [0.2, 0.25) is 0 Å². The summed E-state index contributed by atoms with van der Waals surface area (Å²) in [6.07, 6.45) is 7.94. The van der Waals surface area contributed by atoms with Gasteiger partial charge in [-0.2, -0.15) is 0 Å². The second-order valence-electron chi connectivity index (χ2n) is 7.25. The highest BCUT2D eigenvalue weighted by molar-refractivity contribution is 5.94. The van der Waals surface area contributed by atoms with Crippen molar-refractivity contribution in [3.8, 4) is 0 Å². The van der Waals surface area contributed by atoms with Gasteiger partial charge in [-0.1, -0.05) is 74.7 Å². The molecule has 5 heteroatoms. The number of imidazole rings is 1. The summed E-state index contributed by atoms with van der Waals surface area (Å²) < 4.78 is 2.17. The third-order valence-electron chi connectivity index (χ3n) is 5.14. The van der Waals surface area contributed by atoms with Gasteiger partial charge in [-0.3, -0.25) is 9.88 Å². The van der Waals surface area contributed by atoms with Crippen LogP contribution in [0.25, 0.3) is 17.1 Å². The quantitative estimate of drug-likeness (QED) is 0.550. The van der Waals surface area contributed by atoms with Crippen molar-refractivity contribution in [3.05, 3.63) is 65.7 Å². The minimum atomic E-state index is -0.175. The molecule has 0 fully saturated rings. The number of anilines is 1. The summed E-state index contributed by atoms with van der Waals surface area (Å²) in [6, 6.07) is 18.6. The Balaban J connectivity index is 1.76. The number of nitrogens with zero attached hydrogens (tertiary/aromatic N) is 3. The lowest BCUT2D eigenvalue weighted by atomic mass is 10.0. The van der Waals surface area contributed by atoms with Gasteiger partial charge >= 0.3 is 0 Å². The molecule has 0 aliphatic carbocycles. The molecule has 1 unspecified atom stereocenters. The van der Waals surface area contributed by atoms with E-state index in [-0.39, 0.29) is 6.17 Å². The summed E-state index contributed by atoms with van der Waals surface area (Å²) in [7, 11) is 0. The van der Waals surface area contributed by atoms with Crippen LogP contribution in [-0.4, -0.2) is 15.5 Å². The van der Waals surface area contributed by atoms with E-state index in [0.717, 1.165) is 29.8 Å². The van der Waals surface area contributed by atoms with E-state index in [9.17, 15) is 0 Å². The van der Waals surface area contributed by atoms with Crippen molar-refractivity contribution in [2.45, 2.75) is 45.2 Å². The normalized spacial score (nSPS) is 16.5. The zero-order chi connectivity index (χ0) is 19.3. The smallest absolute Gasteiger partial charge is 0.212 e. The molecule has 2 heterocycles. The molecule has 2 aromatic carbocycles. The average Bonchev–Trinajstić information content (AvgIpc) is 3.08. The molecule has 1 aliphatic heterocycles. The van der Waals surface area contributed by atoms with Crippen LogP contribution >= 0.6 is 0 Å². The van der Waals surface area contributed by atoms with Crippen LogP contribution in [0.3, 0.4) is 0 Å². The van der Waals surface area contributed by atoms with Gasteiger partial charge in [-0.15, -0.1) is 0 Å². The van der Waals surface area contributed by atoms with Gasteiger partial charge in [-0.25, -0.2) is 9.98 Å². The lowest BCUT2D eigenvalue weighted by Crippen LogP contribution is -2.31. The highest BCUT2D eigenvalue weighted by atomic mass is 15.4. The number of benzene rings is 2. The zero-order valence-corrected chi connectivity index (χ0v) is 16.3. The van der Waals surface area contributed by atoms with Crippen molar-refractivity contribution in [1.29, 1.82) is 0 Å². The monoisotopic (exact) mass is 373 g/mol. The molecule has 0 amide bonds. The predicted octanol–water partition coefficient (Wildman–Crippen LogP) is 5.33. The summed E-state index contributed by atoms with van der Waals surface area (Å²) in [6.45, 7) is 2.24. The fraction of sp³-hybridized carbons (Fsp3) is 0.304. The van der Waals surface area contributed by atoms with Crippen molar-refractivity contribution in [3.63, 3.8) is 0 Å². The highest BCUT2D eigenvalue weighted by Gasteiger charge is 2.26. The molecule has 0 spiro atoms. The van der Waals surface area contributed by atoms with Gasteiger partial charge in [-0.05, 0) is 36.1 Å². The Morgan fingerprint density at radius 2 is 1.86 bits per heavy atom. The Morgan fingerprint density at radius 3 is 2.68 bits per heavy atom. The number of hydrogen-bond donors (Lipinski definition) is 2. The number of fused-ring (bicyclic) bond motifs is 3. The van der Waals surface area contributed by atoms with Crippen LogP contribution in [0.15, 0.2) is 65.2 Å². The minimum Gasteiger partial charge on any atom is -0.370 e. The third kappa shape index (κ3) is 3.79. The van der Waals surface area contributed by atoms with Crippen LogP contribution in [0.4, 0.5) is 5.95 Å². The summed E-state index contributed by atoms with van der Waals surface area (Å²) in [5, 5.41) is 3.13. The van der Waals surface area contributed by atoms with Crippen molar-refractivity contribution >= 4 is 29.0 Å². The van der Waals surface area contributed by atoms with E-state index in [4.69, 9.17) is 15.7 Å². The molecule has 1 aliphatic rings. The number of aromatic nitrogens is 2. The number of rotatable bonds is 7. The minimum absolute atomic E-state index is 0.175. The molecule has 4 rings (SSSR count). The standard InChI is InChI=1S/C23H27N5/c1-2-3-4-8-13-18(16-17-11-6-5-7-12-17)21-26-22(24)27-23-25-19-14-9-10-15-20(19)28(21)23/h5-7,9-12,14-16,21H,2-4,8,13H2,1H3,(H3,24,25,26,27). The lowest BCUT2D eigenvalue weighted by molar-refractivity contribution is 0.569. The number of para-hydroxylation sites is 2. The molecular formula is C23H27N5. The van der Waals surface area contributed by atoms with Crippen molar-refractivity contribution < 1.29 is 0 Å². The second-order valence-corrected chi connectivity index (χ2v) is 7.25. The molecule has 0 radical (unpaired) electrons. The van der Waals surface area contributed by atoms with Crippen LogP contribution in [0.5, 0.6) is 0 Å². The van der Waals surface area contributed by atoms with Gasteiger partial charge in [0, 0.05) is 0 Å². The molecule has 28 heavy (non-hydrogen) atoms. The maximum Gasteiger partial charge on any atom is 0.212 e. The zero-order valence-electron chi connectivity index (χ0n) is 16.3. The average molecular weight is 374 g/mol. The number of nitrogens with two attached hydrogens (primary N) is 1. The van der Waals surface area contributed by atoms with Crippen molar-refractivity contribution in [2.75, 3.05) is 5.32 Å². The molecule has 3 aromatic rings. The van der Waals surface area contributed by atoms with Gasteiger partial charge in [0.05, 0.1) is 11.0 Å². The topological polar surface area (TPSA) is 68.2 Å². The number of guanidine groups is 1. The Hall–Kier alpha value is -3.08. The third-order valence-corrected chi connectivity index (χ3v) is 5.14. The first-order valence-corrected chi connectivity index (χ1v) is 10.1. The summed E-state index contributed by atoms with van der Waals surface area (Å²) in [5.74, 6) is 1.17. The fourth-order valence-electron chi connectivity index (χ4n) is 3.76. The van der Waals surface area contributed by atoms with Crippen LogP contribution in [-0.2, 0) is 0 Å². The SMILES string of the molecule is CCCCCCC(=Cc1ccccc1)C1N=C(N)Nc2nc3ccccc3n21. The Kier molecular flexibility index (Phi) is 5.42.